The number of benzene rings is 1. The monoisotopic (exact) mass is 680 g/mol. The van der Waals surface area contributed by atoms with Crippen molar-refractivity contribution in [3.05, 3.63) is 45.2 Å². The number of halogens is 3. The maximum atomic E-state index is 16.9. The van der Waals surface area contributed by atoms with Gasteiger partial charge in [-0.3, -0.25) is 9.88 Å². The molecule has 3 fully saturated rings. The highest BCUT2D eigenvalue weighted by atomic mass is 35.5. The van der Waals surface area contributed by atoms with Crippen molar-refractivity contribution in [3.63, 3.8) is 0 Å². The molecule has 0 saturated carbocycles. The summed E-state index contributed by atoms with van der Waals surface area (Å²) in [5.74, 6) is 2.97. The predicted molar refractivity (Wildman–Crippen MR) is 180 cm³/mol. The number of terminal acetylenes is 1. The molecular formula is C34H39ClF2N8O3. The molecule has 14 heteroatoms. The minimum atomic E-state index is -0.917. The van der Waals surface area contributed by atoms with Gasteiger partial charge in [0.2, 0.25) is 0 Å². The standard InChI is InChI=1S/C34H39ClF2N8O3/c1-3-4-5-9-25-26(13-24(14-28(25)35)48-21-46-2)30-29(37)31-27(17-39-30)32(44-11-6-8-22(18-44)16-40-43-38)42-33(41-31)47-20-34-10-7-12-45(34)19-23(36)15-34/h1,13-14,17,22-23H,4-12,15-16,18-21H2,2H3/t22?,23-,34+/m1/s1. The minimum Gasteiger partial charge on any atom is -0.467 e. The maximum absolute atomic E-state index is 16.9. The molecule has 0 radical (unpaired) electrons. The molecule has 1 unspecified atom stereocenters. The molecule has 6 rings (SSSR count). The van der Waals surface area contributed by atoms with Crippen LogP contribution in [0.4, 0.5) is 14.6 Å². The van der Waals surface area contributed by atoms with E-state index in [4.69, 9.17) is 42.7 Å². The van der Waals surface area contributed by atoms with Gasteiger partial charge in [-0.05, 0) is 74.2 Å². The lowest BCUT2D eigenvalue weighted by molar-refractivity contribution is 0.0511. The Morgan fingerprint density at radius 2 is 2.10 bits per heavy atom. The average molecular weight is 681 g/mol. The zero-order chi connectivity index (χ0) is 33.7. The highest BCUT2D eigenvalue weighted by Gasteiger charge is 2.49. The van der Waals surface area contributed by atoms with Crippen molar-refractivity contribution in [1.29, 1.82) is 0 Å². The van der Waals surface area contributed by atoms with Crippen LogP contribution < -0.4 is 14.4 Å². The first-order valence-corrected chi connectivity index (χ1v) is 16.8. The third kappa shape index (κ3) is 7.08. The SMILES string of the molecule is C#CCCCc1c(Cl)cc(OCOC)cc1-c1ncc2c(N3CCCC(CN=[N+]=[N-])C3)nc(OC[C@@]34CCCN3C[C@H](F)C4)nc2c1F. The summed E-state index contributed by atoms with van der Waals surface area (Å²) in [7, 11) is 1.51. The van der Waals surface area contributed by atoms with Gasteiger partial charge in [0.05, 0.1) is 10.9 Å². The average Bonchev–Trinajstić information content (AvgIpc) is 3.62. The lowest BCUT2D eigenvalue weighted by Gasteiger charge is -2.34. The van der Waals surface area contributed by atoms with Crippen LogP contribution >= 0.6 is 11.6 Å². The number of hydrogen-bond donors (Lipinski definition) is 0. The van der Waals surface area contributed by atoms with Crippen LogP contribution in [0.5, 0.6) is 11.8 Å². The molecule has 0 aliphatic carbocycles. The van der Waals surface area contributed by atoms with Gasteiger partial charge in [0.1, 0.15) is 35.6 Å². The van der Waals surface area contributed by atoms with Crippen LogP contribution in [-0.2, 0) is 11.2 Å². The number of rotatable bonds is 13. The van der Waals surface area contributed by atoms with E-state index < -0.39 is 17.5 Å². The Morgan fingerprint density at radius 3 is 2.92 bits per heavy atom. The zero-order valence-electron chi connectivity index (χ0n) is 27.0. The number of pyridine rings is 1. The van der Waals surface area contributed by atoms with E-state index in [0.717, 1.165) is 32.2 Å². The van der Waals surface area contributed by atoms with Crippen LogP contribution in [0.1, 0.15) is 50.5 Å². The van der Waals surface area contributed by atoms with Crippen molar-refractivity contribution >= 4 is 28.3 Å². The fourth-order valence-corrected chi connectivity index (χ4v) is 7.68. The quantitative estimate of drug-likeness (QED) is 0.0477. The van der Waals surface area contributed by atoms with Crippen LogP contribution in [0.3, 0.4) is 0 Å². The first-order valence-electron chi connectivity index (χ1n) is 16.4. The predicted octanol–water partition coefficient (Wildman–Crippen LogP) is 6.90. The first kappa shape index (κ1) is 33.9. The van der Waals surface area contributed by atoms with Gasteiger partial charge in [-0.2, -0.15) is 9.97 Å². The number of anilines is 1. The zero-order valence-corrected chi connectivity index (χ0v) is 27.8. The molecule has 2 aromatic heterocycles. The summed E-state index contributed by atoms with van der Waals surface area (Å²) >= 11 is 6.74. The van der Waals surface area contributed by atoms with Crippen LogP contribution in [-0.4, -0.2) is 84.8 Å². The summed E-state index contributed by atoms with van der Waals surface area (Å²) in [6, 6.07) is 3.37. The fraction of sp³-hybridized carbons (Fsp3) is 0.559. The second-order valence-corrected chi connectivity index (χ2v) is 13.2. The summed E-state index contributed by atoms with van der Waals surface area (Å²) < 4.78 is 48.5. The van der Waals surface area contributed by atoms with E-state index in [1.807, 2.05) is 4.90 Å². The molecule has 3 atom stereocenters. The smallest absolute Gasteiger partial charge is 0.319 e. The van der Waals surface area contributed by atoms with E-state index in [0.29, 0.717) is 85.0 Å². The van der Waals surface area contributed by atoms with Crippen molar-refractivity contribution in [2.24, 2.45) is 11.0 Å². The van der Waals surface area contributed by atoms with Gasteiger partial charge < -0.3 is 19.1 Å². The van der Waals surface area contributed by atoms with E-state index in [1.54, 1.807) is 18.3 Å². The highest BCUT2D eigenvalue weighted by Crippen LogP contribution is 2.42. The van der Waals surface area contributed by atoms with E-state index in [2.05, 4.69) is 30.8 Å². The molecule has 0 bridgehead atoms. The molecule has 3 aliphatic heterocycles. The summed E-state index contributed by atoms with van der Waals surface area (Å²) in [4.78, 5) is 21.2. The van der Waals surface area contributed by atoms with Crippen LogP contribution in [0.15, 0.2) is 23.4 Å². The summed E-state index contributed by atoms with van der Waals surface area (Å²) in [5.41, 5.74) is 9.70. The van der Waals surface area contributed by atoms with Crippen molar-refractivity contribution in [2.45, 2.75) is 63.1 Å². The van der Waals surface area contributed by atoms with E-state index in [-0.39, 0.29) is 36.5 Å². The van der Waals surface area contributed by atoms with E-state index in [1.165, 1.54) is 7.11 Å². The molecule has 3 saturated heterocycles. The van der Waals surface area contributed by atoms with Crippen molar-refractivity contribution in [2.75, 3.05) is 58.1 Å². The molecular weight excluding hydrogens is 642 g/mol. The largest absolute Gasteiger partial charge is 0.467 e. The number of piperidine rings is 1. The summed E-state index contributed by atoms with van der Waals surface area (Å²) in [6.07, 6.45) is 11.7. The van der Waals surface area contributed by atoms with Crippen LogP contribution in [0.25, 0.3) is 32.6 Å². The Morgan fingerprint density at radius 1 is 1.23 bits per heavy atom. The molecule has 11 nitrogen and oxygen atoms in total. The number of unbranched alkanes of at least 4 members (excludes halogenated alkanes) is 1. The molecule has 254 valence electrons. The number of methoxy groups -OCH3 is 1. The van der Waals surface area contributed by atoms with Gasteiger partial charge in [-0.25, -0.2) is 8.78 Å². The van der Waals surface area contributed by atoms with Crippen LogP contribution in [0.2, 0.25) is 5.02 Å². The Bertz CT molecular complexity index is 1730. The molecule has 1 aromatic carbocycles. The second kappa shape index (κ2) is 15.1. The molecule has 5 heterocycles. The number of ether oxygens (including phenoxy) is 3. The van der Waals surface area contributed by atoms with Gasteiger partial charge in [-0.1, -0.05) is 16.7 Å². The van der Waals surface area contributed by atoms with E-state index in [9.17, 15) is 4.39 Å². The topological polar surface area (TPSA) is 122 Å². The van der Waals surface area contributed by atoms with Gasteiger partial charge >= 0.3 is 6.01 Å². The third-order valence-electron chi connectivity index (χ3n) is 9.61. The summed E-state index contributed by atoms with van der Waals surface area (Å²) in [6.45, 7) is 2.96. The van der Waals surface area contributed by atoms with Gasteiger partial charge in [0, 0.05) is 67.8 Å². The lowest BCUT2D eigenvalue weighted by atomic mass is 9.95. The lowest BCUT2D eigenvalue weighted by Crippen LogP contribution is -2.43. The molecule has 3 aliphatic rings. The first-order chi connectivity index (χ1) is 23.4. The highest BCUT2D eigenvalue weighted by molar-refractivity contribution is 6.32. The normalized spacial score (nSPS) is 22.4. The number of hydrogen-bond acceptors (Lipinski definition) is 9. The van der Waals surface area contributed by atoms with Crippen molar-refractivity contribution in [3.8, 4) is 35.4 Å². The number of nitrogens with zero attached hydrogens (tertiary/aromatic N) is 8. The number of azide groups is 1. The molecule has 0 N–H and O–H groups in total. The number of alkyl halides is 1. The van der Waals surface area contributed by atoms with E-state index >= 15 is 4.39 Å². The second-order valence-electron chi connectivity index (χ2n) is 12.8. The molecule has 48 heavy (non-hydrogen) atoms. The molecule has 0 amide bonds. The number of aromatic nitrogens is 3. The Hall–Kier alpha value is -3.95. The maximum Gasteiger partial charge on any atom is 0.319 e. The number of fused-ring (bicyclic) bond motifs is 2. The van der Waals surface area contributed by atoms with Crippen LogP contribution in [0, 0.1) is 24.1 Å². The van der Waals surface area contributed by atoms with Gasteiger partial charge in [0.25, 0.3) is 0 Å². The minimum absolute atomic E-state index is 0.0127. The van der Waals surface area contributed by atoms with Crippen molar-refractivity contribution < 1.29 is 23.0 Å². The van der Waals surface area contributed by atoms with Gasteiger partial charge in [0.15, 0.2) is 12.6 Å². The Kier molecular flexibility index (Phi) is 10.7. The van der Waals surface area contributed by atoms with Crippen molar-refractivity contribution in [1.82, 2.24) is 19.9 Å². The Balaban J connectivity index is 1.44. The molecule has 3 aromatic rings. The van der Waals surface area contributed by atoms with Gasteiger partial charge in [-0.15, -0.1) is 12.3 Å². The molecule has 0 spiro atoms. The fourth-order valence-electron chi connectivity index (χ4n) is 7.38. The summed E-state index contributed by atoms with van der Waals surface area (Å²) in [5, 5.41) is 4.61. The Labute approximate surface area is 283 Å². The third-order valence-corrected chi connectivity index (χ3v) is 9.95.